The molecule has 2 aliphatic rings. The number of nitrogens with one attached hydrogen (secondary N) is 1. The van der Waals surface area contributed by atoms with Crippen molar-refractivity contribution >= 4 is 27.9 Å². The first-order chi connectivity index (χ1) is 16.8. The van der Waals surface area contributed by atoms with Crippen molar-refractivity contribution in [1.82, 2.24) is 14.5 Å². The number of piperazine rings is 1. The van der Waals surface area contributed by atoms with Crippen LogP contribution >= 0.6 is 0 Å². The summed E-state index contributed by atoms with van der Waals surface area (Å²) in [4.78, 5) is 29.1. The average Bonchev–Trinajstić information content (AvgIpc) is 3.70. The zero-order chi connectivity index (χ0) is 25.0. The van der Waals surface area contributed by atoms with Gasteiger partial charge in [-0.15, -0.1) is 0 Å². The van der Waals surface area contributed by atoms with Crippen molar-refractivity contribution in [3.63, 3.8) is 0 Å². The molecule has 10 heteroatoms. The summed E-state index contributed by atoms with van der Waals surface area (Å²) in [5, 5.41) is 0. The van der Waals surface area contributed by atoms with Crippen molar-refractivity contribution in [2.75, 3.05) is 40.4 Å². The second kappa shape index (κ2) is 10.5. The number of hydrogen-bond donors (Lipinski definition) is 1. The maximum absolute atomic E-state index is 12.9. The smallest absolute Gasteiger partial charge is 0.254 e. The molecule has 1 N–H and O–H groups in total. The lowest BCUT2D eigenvalue weighted by molar-refractivity contribution is -0.127. The van der Waals surface area contributed by atoms with E-state index in [1.165, 1.54) is 32.4 Å². The Labute approximate surface area is 205 Å². The predicted molar refractivity (Wildman–Crippen MR) is 131 cm³/mol. The van der Waals surface area contributed by atoms with Crippen LogP contribution in [0.1, 0.15) is 28.8 Å². The number of methoxy groups -OCH3 is 2. The Bertz CT molecular complexity index is 1210. The molecule has 186 valence electrons. The molecule has 35 heavy (non-hydrogen) atoms. The molecule has 2 aromatic carbocycles. The SMILES string of the molecule is COc1ccc(C(=O)N2CCN(C(=O)/C=C/c3ccc(S(=O)(=O)NC4CC4)cc3)CC2)cc1OC. The zero-order valence-electron chi connectivity index (χ0n) is 19.8. The third kappa shape index (κ3) is 6.01. The Morgan fingerprint density at radius 3 is 2.14 bits per heavy atom. The average molecular weight is 500 g/mol. The lowest BCUT2D eigenvalue weighted by atomic mass is 10.1. The van der Waals surface area contributed by atoms with Crippen LogP contribution in [0.25, 0.3) is 6.08 Å². The number of ether oxygens (including phenoxy) is 2. The van der Waals surface area contributed by atoms with Gasteiger partial charge >= 0.3 is 0 Å². The third-order valence-electron chi connectivity index (χ3n) is 6.02. The molecule has 4 rings (SSSR count). The quantitative estimate of drug-likeness (QED) is 0.558. The van der Waals surface area contributed by atoms with Crippen molar-refractivity contribution in [2.45, 2.75) is 23.8 Å². The van der Waals surface area contributed by atoms with Crippen LogP contribution in [0.2, 0.25) is 0 Å². The number of carbonyl (C=O) groups is 2. The summed E-state index contributed by atoms with van der Waals surface area (Å²) < 4.78 is 37.7. The summed E-state index contributed by atoms with van der Waals surface area (Å²) in [6.07, 6.45) is 4.88. The van der Waals surface area contributed by atoms with Gasteiger partial charge in [0.25, 0.3) is 5.91 Å². The predicted octanol–water partition coefficient (Wildman–Crippen LogP) is 2.14. The normalized spacial score (nSPS) is 16.4. The number of rotatable bonds is 8. The fourth-order valence-electron chi connectivity index (χ4n) is 3.80. The molecule has 1 saturated carbocycles. The van der Waals surface area contributed by atoms with Gasteiger partial charge in [0.2, 0.25) is 15.9 Å². The van der Waals surface area contributed by atoms with Crippen molar-refractivity contribution in [3.05, 3.63) is 59.7 Å². The molecule has 0 radical (unpaired) electrons. The first-order valence-electron chi connectivity index (χ1n) is 11.4. The van der Waals surface area contributed by atoms with Crippen LogP contribution in [-0.4, -0.2) is 76.5 Å². The highest BCUT2D eigenvalue weighted by atomic mass is 32.2. The molecule has 0 atom stereocenters. The summed E-state index contributed by atoms with van der Waals surface area (Å²) >= 11 is 0. The first-order valence-corrected chi connectivity index (χ1v) is 12.9. The van der Waals surface area contributed by atoms with Crippen LogP contribution in [0.4, 0.5) is 0 Å². The summed E-state index contributed by atoms with van der Waals surface area (Å²) in [6.45, 7) is 1.69. The number of nitrogens with zero attached hydrogens (tertiary/aromatic N) is 2. The van der Waals surface area contributed by atoms with Crippen LogP contribution in [-0.2, 0) is 14.8 Å². The minimum absolute atomic E-state index is 0.0481. The van der Waals surface area contributed by atoms with E-state index in [4.69, 9.17) is 9.47 Å². The standard InChI is InChI=1S/C25H29N3O6S/c1-33-22-11-6-19(17-23(22)34-2)25(30)28-15-13-27(14-16-28)24(29)12-5-18-3-9-21(10-4-18)35(31,32)26-20-7-8-20/h3-6,9-12,17,20,26H,7-8,13-16H2,1-2H3/b12-5+. The monoisotopic (exact) mass is 499 g/mol. The van der Waals surface area contributed by atoms with Crippen LogP contribution < -0.4 is 14.2 Å². The molecule has 9 nitrogen and oxygen atoms in total. The second-order valence-corrected chi connectivity index (χ2v) is 10.2. The topological polar surface area (TPSA) is 105 Å². The number of carbonyl (C=O) groups excluding carboxylic acids is 2. The van der Waals surface area contributed by atoms with E-state index in [0.29, 0.717) is 43.2 Å². The van der Waals surface area contributed by atoms with Gasteiger partial charge in [0.1, 0.15) is 0 Å². The van der Waals surface area contributed by atoms with Gasteiger partial charge in [0.15, 0.2) is 11.5 Å². The summed E-state index contributed by atoms with van der Waals surface area (Å²) in [5.74, 6) is 0.759. The van der Waals surface area contributed by atoms with E-state index >= 15 is 0 Å². The fraction of sp³-hybridized carbons (Fsp3) is 0.360. The maximum Gasteiger partial charge on any atom is 0.254 e. The first kappa shape index (κ1) is 24.7. The summed E-state index contributed by atoms with van der Waals surface area (Å²) in [6, 6.07) is 11.5. The molecule has 0 bridgehead atoms. The highest BCUT2D eigenvalue weighted by Crippen LogP contribution is 2.28. The van der Waals surface area contributed by atoms with Gasteiger partial charge in [-0.05, 0) is 54.8 Å². The maximum atomic E-state index is 12.9. The zero-order valence-corrected chi connectivity index (χ0v) is 20.6. The molecule has 0 aromatic heterocycles. The van der Waals surface area contributed by atoms with Gasteiger partial charge in [-0.3, -0.25) is 9.59 Å². The minimum atomic E-state index is -3.50. The van der Waals surface area contributed by atoms with Crippen molar-refractivity contribution < 1.29 is 27.5 Å². The van der Waals surface area contributed by atoms with Gasteiger partial charge in [-0.25, -0.2) is 13.1 Å². The van der Waals surface area contributed by atoms with Gasteiger partial charge in [-0.2, -0.15) is 0 Å². The van der Waals surface area contributed by atoms with E-state index < -0.39 is 10.0 Å². The van der Waals surface area contributed by atoms with Gasteiger partial charge in [-0.1, -0.05) is 12.1 Å². The van der Waals surface area contributed by atoms with Crippen LogP contribution in [0.5, 0.6) is 11.5 Å². The molecule has 1 saturated heterocycles. The molecule has 1 aliphatic carbocycles. The number of amides is 2. The van der Waals surface area contributed by atoms with E-state index in [1.807, 2.05) is 0 Å². The molecule has 0 unspecified atom stereocenters. The Kier molecular flexibility index (Phi) is 7.42. The van der Waals surface area contributed by atoms with Crippen molar-refractivity contribution in [1.29, 1.82) is 0 Å². The van der Waals surface area contributed by atoms with E-state index in [0.717, 1.165) is 18.4 Å². The number of hydrogen-bond acceptors (Lipinski definition) is 6. The highest BCUT2D eigenvalue weighted by Gasteiger charge is 2.28. The Balaban J connectivity index is 1.31. The third-order valence-corrected chi connectivity index (χ3v) is 7.55. The van der Waals surface area contributed by atoms with E-state index in [2.05, 4.69) is 4.72 Å². The largest absolute Gasteiger partial charge is 0.493 e. The second-order valence-electron chi connectivity index (χ2n) is 8.49. The molecular weight excluding hydrogens is 470 g/mol. The minimum Gasteiger partial charge on any atom is -0.493 e. The van der Waals surface area contributed by atoms with E-state index in [1.54, 1.807) is 46.2 Å². The summed E-state index contributed by atoms with van der Waals surface area (Å²) in [5.41, 5.74) is 1.23. The molecule has 2 amide bonds. The molecular formula is C25H29N3O6S. The molecule has 1 heterocycles. The summed E-state index contributed by atoms with van der Waals surface area (Å²) in [7, 11) is -0.438. The van der Waals surface area contributed by atoms with Crippen molar-refractivity contribution in [2.24, 2.45) is 0 Å². The molecule has 2 aromatic rings. The number of benzene rings is 2. The van der Waals surface area contributed by atoms with Crippen LogP contribution in [0, 0.1) is 0 Å². The van der Waals surface area contributed by atoms with E-state index in [9.17, 15) is 18.0 Å². The van der Waals surface area contributed by atoms with Gasteiger partial charge in [0.05, 0.1) is 19.1 Å². The fourth-order valence-corrected chi connectivity index (χ4v) is 5.11. The van der Waals surface area contributed by atoms with Gasteiger partial charge < -0.3 is 19.3 Å². The lowest BCUT2D eigenvalue weighted by Crippen LogP contribution is -2.50. The van der Waals surface area contributed by atoms with E-state index in [-0.39, 0.29) is 22.8 Å². The Hall–Kier alpha value is -3.37. The van der Waals surface area contributed by atoms with Crippen LogP contribution in [0.15, 0.2) is 53.4 Å². The lowest BCUT2D eigenvalue weighted by Gasteiger charge is -2.34. The Morgan fingerprint density at radius 1 is 0.914 bits per heavy atom. The molecule has 0 spiro atoms. The number of sulfonamides is 1. The van der Waals surface area contributed by atoms with Crippen molar-refractivity contribution in [3.8, 4) is 11.5 Å². The van der Waals surface area contributed by atoms with Gasteiger partial charge in [0, 0.05) is 43.9 Å². The Morgan fingerprint density at radius 2 is 1.54 bits per heavy atom. The highest BCUT2D eigenvalue weighted by molar-refractivity contribution is 7.89. The molecule has 1 aliphatic heterocycles. The molecule has 2 fully saturated rings. The van der Waals surface area contributed by atoms with Crippen LogP contribution in [0.3, 0.4) is 0 Å².